The number of methoxy groups -OCH3 is 1. The second kappa shape index (κ2) is 6.40. The lowest BCUT2D eigenvalue weighted by Gasteiger charge is -2.13. The second-order valence-electron chi connectivity index (χ2n) is 4.68. The molecule has 1 aromatic carbocycles. The van der Waals surface area contributed by atoms with E-state index in [2.05, 4.69) is 5.32 Å². The summed E-state index contributed by atoms with van der Waals surface area (Å²) < 4.78 is 10.3. The summed E-state index contributed by atoms with van der Waals surface area (Å²) in [7, 11) is 1.44. The molecule has 0 amide bonds. The molecule has 0 aromatic heterocycles. The highest BCUT2D eigenvalue weighted by Gasteiger charge is 2.30. The van der Waals surface area contributed by atoms with Crippen molar-refractivity contribution >= 4 is 17.3 Å². The van der Waals surface area contributed by atoms with Gasteiger partial charge in [-0.25, -0.2) is 4.79 Å². The van der Waals surface area contributed by atoms with Gasteiger partial charge < -0.3 is 19.9 Å². The van der Waals surface area contributed by atoms with Crippen LogP contribution in [0.4, 0.5) is 11.4 Å². The second-order valence-corrected chi connectivity index (χ2v) is 4.68. The maximum atomic E-state index is 11.0. The van der Waals surface area contributed by atoms with Gasteiger partial charge in [0.05, 0.1) is 24.2 Å². The molecule has 1 aliphatic rings. The molecule has 0 saturated carbocycles. The zero-order chi connectivity index (χ0) is 15.4. The lowest BCUT2D eigenvalue weighted by molar-refractivity contribution is -0.384. The SMILES string of the molecule is COc1ccc(NCC2CCC(C(=O)O)O2)c([N+](=O)[O-])c1. The number of anilines is 1. The average Bonchev–Trinajstić information content (AvgIpc) is 2.94. The lowest BCUT2D eigenvalue weighted by atomic mass is 10.2. The average molecular weight is 296 g/mol. The van der Waals surface area contributed by atoms with Gasteiger partial charge >= 0.3 is 5.97 Å². The highest BCUT2D eigenvalue weighted by atomic mass is 16.6. The first-order valence-electron chi connectivity index (χ1n) is 6.46. The molecule has 2 unspecified atom stereocenters. The fourth-order valence-electron chi connectivity index (χ4n) is 2.20. The molecule has 2 N–H and O–H groups in total. The predicted octanol–water partition coefficient (Wildman–Crippen LogP) is 1.65. The van der Waals surface area contributed by atoms with E-state index >= 15 is 0 Å². The first-order chi connectivity index (χ1) is 10.0. The standard InChI is InChI=1S/C13H16N2O6/c1-20-8-2-4-10(11(6-8)15(18)19)14-7-9-3-5-12(21-9)13(16)17/h2,4,6,9,12,14H,3,5,7H2,1H3,(H,16,17). The number of ether oxygens (including phenoxy) is 2. The number of benzene rings is 1. The van der Waals surface area contributed by atoms with Crippen molar-refractivity contribution in [2.24, 2.45) is 0 Å². The summed E-state index contributed by atoms with van der Waals surface area (Å²) in [6, 6.07) is 4.50. The van der Waals surface area contributed by atoms with Crippen LogP contribution >= 0.6 is 0 Å². The molecule has 114 valence electrons. The molecule has 1 aliphatic heterocycles. The van der Waals surface area contributed by atoms with Gasteiger partial charge in [-0.1, -0.05) is 0 Å². The number of nitrogens with zero attached hydrogens (tertiary/aromatic N) is 1. The normalized spacial score (nSPS) is 21.0. The van der Waals surface area contributed by atoms with E-state index in [1.54, 1.807) is 12.1 Å². The quantitative estimate of drug-likeness (QED) is 0.606. The number of hydrogen-bond acceptors (Lipinski definition) is 6. The molecule has 0 bridgehead atoms. The van der Waals surface area contributed by atoms with Crippen LogP contribution in [0.1, 0.15) is 12.8 Å². The Morgan fingerprint density at radius 3 is 2.90 bits per heavy atom. The first-order valence-corrected chi connectivity index (χ1v) is 6.46. The van der Waals surface area contributed by atoms with E-state index in [-0.39, 0.29) is 11.8 Å². The zero-order valence-electron chi connectivity index (χ0n) is 11.4. The van der Waals surface area contributed by atoms with Gasteiger partial charge in [0.25, 0.3) is 5.69 Å². The van der Waals surface area contributed by atoms with Gasteiger partial charge in [-0.2, -0.15) is 0 Å². The van der Waals surface area contributed by atoms with Crippen LogP contribution in [0.5, 0.6) is 5.75 Å². The molecule has 1 fully saturated rings. The summed E-state index contributed by atoms with van der Waals surface area (Å²) in [5.41, 5.74) is 0.255. The van der Waals surface area contributed by atoms with Gasteiger partial charge in [0.1, 0.15) is 11.4 Å². The van der Waals surface area contributed by atoms with Crippen LogP contribution in [0.2, 0.25) is 0 Å². The number of hydrogen-bond donors (Lipinski definition) is 2. The smallest absolute Gasteiger partial charge is 0.332 e. The molecule has 1 saturated heterocycles. The molecule has 1 aromatic rings. The molecule has 0 radical (unpaired) electrons. The van der Waals surface area contributed by atoms with E-state index in [0.717, 1.165) is 0 Å². The van der Waals surface area contributed by atoms with Crippen molar-refractivity contribution in [3.63, 3.8) is 0 Å². The minimum atomic E-state index is -0.979. The Morgan fingerprint density at radius 1 is 1.57 bits per heavy atom. The Hall–Kier alpha value is -2.35. The predicted molar refractivity (Wildman–Crippen MR) is 73.7 cm³/mol. The zero-order valence-corrected chi connectivity index (χ0v) is 11.4. The monoisotopic (exact) mass is 296 g/mol. The minimum absolute atomic E-state index is 0.0952. The number of nitro benzene ring substituents is 1. The van der Waals surface area contributed by atoms with Gasteiger partial charge in [0.15, 0.2) is 6.10 Å². The Bertz CT molecular complexity index is 547. The summed E-state index contributed by atoms with van der Waals surface area (Å²) in [5, 5.41) is 22.8. The largest absolute Gasteiger partial charge is 0.496 e. The molecule has 0 spiro atoms. The fourth-order valence-corrected chi connectivity index (χ4v) is 2.20. The molecule has 1 heterocycles. The number of carboxylic acids is 1. The van der Waals surface area contributed by atoms with Crippen LogP contribution in [0.25, 0.3) is 0 Å². The summed E-state index contributed by atoms with van der Waals surface area (Å²) in [6.45, 7) is 0.316. The summed E-state index contributed by atoms with van der Waals surface area (Å²) in [6.07, 6.45) is -0.00390. The molecule has 0 aliphatic carbocycles. The van der Waals surface area contributed by atoms with Crippen molar-refractivity contribution in [1.29, 1.82) is 0 Å². The fraction of sp³-hybridized carbons (Fsp3) is 0.462. The van der Waals surface area contributed by atoms with Crippen molar-refractivity contribution in [2.45, 2.75) is 25.0 Å². The molecular weight excluding hydrogens is 280 g/mol. The number of rotatable bonds is 6. The first kappa shape index (κ1) is 15.0. The van der Waals surface area contributed by atoms with Gasteiger partial charge in [-0.15, -0.1) is 0 Å². The van der Waals surface area contributed by atoms with Crippen LogP contribution in [0.3, 0.4) is 0 Å². The highest BCUT2D eigenvalue weighted by molar-refractivity contribution is 5.72. The van der Waals surface area contributed by atoms with Crippen molar-refractivity contribution in [1.82, 2.24) is 0 Å². The highest BCUT2D eigenvalue weighted by Crippen LogP contribution is 2.29. The van der Waals surface area contributed by atoms with E-state index < -0.39 is 17.0 Å². The summed E-state index contributed by atoms with van der Waals surface area (Å²) in [5.74, 6) is -0.580. The van der Waals surface area contributed by atoms with Crippen LogP contribution in [0.15, 0.2) is 18.2 Å². The number of nitro groups is 1. The van der Waals surface area contributed by atoms with Gasteiger partial charge in [0, 0.05) is 6.54 Å². The molecule has 2 atom stereocenters. The topological polar surface area (TPSA) is 111 Å². The Balaban J connectivity index is 2.00. The number of nitrogens with one attached hydrogen (secondary N) is 1. The van der Waals surface area contributed by atoms with E-state index in [4.69, 9.17) is 14.6 Å². The van der Waals surface area contributed by atoms with E-state index in [0.29, 0.717) is 30.8 Å². The maximum Gasteiger partial charge on any atom is 0.332 e. The molecule has 8 nitrogen and oxygen atoms in total. The van der Waals surface area contributed by atoms with E-state index in [1.165, 1.54) is 13.2 Å². The van der Waals surface area contributed by atoms with Crippen LogP contribution < -0.4 is 10.1 Å². The Labute approximate surface area is 120 Å². The number of carbonyl (C=O) groups is 1. The summed E-state index contributed by atoms with van der Waals surface area (Å²) in [4.78, 5) is 21.3. The lowest BCUT2D eigenvalue weighted by Crippen LogP contribution is -2.24. The third-order valence-corrected chi connectivity index (χ3v) is 3.30. The van der Waals surface area contributed by atoms with Crippen LogP contribution in [-0.4, -0.2) is 41.9 Å². The van der Waals surface area contributed by atoms with Gasteiger partial charge in [-0.05, 0) is 25.0 Å². The van der Waals surface area contributed by atoms with E-state index in [1.807, 2.05) is 0 Å². The molecule has 8 heteroatoms. The Morgan fingerprint density at radius 2 is 2.33 bits per heavy atom. The van der Waals surface area contributed by atoms with Crippen molar-refractivity contribution in [3.8, 4) is 5.75 Å². The molecular formula is C13H16N2O6. The molecule has 21 heavy (non-hydrogen) atoms. The molecule has 2 rings (SSSR count). The van der Waals surface area contributed by atoms with Gasteiger partial charge in [-0.3, -0.25) is 10.1 Å². The van der Waals surface area contributed by atoms with Gasteiger partial charge in [0.2, 0.25) is 0 Å². The Kier molecular flexibility index (Phi) is 4.59. The number of carboxylic acid groups (broad SMARTS) is 1. The third kappa shape index (κ3) is 3.60. The minimum Gasteiger partial charge on any atom is -0.496 e. The number of aliphatic carboxylic acids is 1. The third-order valence-electron chi connectivity index (χ3n) is 3.30. The van der Waals surface area contributed by atoms with Crippen LogP contribution in [0, 0.1) is 10.1 Å². The van der Waals surface area contributed by atoms with Crippen LogP contribution in [-0.2, 0) is 9.53 Å². The van der Waals surface area contributed by atoms with E-state index in [9.17, 15) is 14.9 Å². The van der Waals surface area contributed by atoms with Crippen molar-refractivity contribution in [2.75, 3.05) is 19.0 Å². The van der Waals surface area contributed by atoms with Crippen molar-refractivity contribution < 1.29 is 24.3 Å². The maximum absolute atomic E-state index is 11.0. The summed E-state index contributed by atoms with van der Waals surface area (Å²) >= 11 is 0. The van der Waals surface area contributed by atoms with Crippen molar-refractivity contribution in [3.05, 3.63) is 28.3 Å².